The Kier molecular flexibility index (Phi) is 2.69. The number of sulfonamides is 1. The highest BCUT2D eigenvalue weighted by Gasteiger charge is 2.20. The van der Waals surface area contributed by atoms with Gasteiger partial charge in [0.1, 0.15) is 0 Å². The summed E-state index contributed by atoms with van der Waals surface area (Å²) in [6, 6.07) is 1.84. The van der Waals surface area contributed by atoms with Crippen molar-refractivity contribution in [1.29, 1.82) is 0 Å². The summed E-state index contributed by atoms with van der Waals surface area (Å²) in [6.45, 7) is 0. The van der Waals surface area contributed by atoms with Crippen LogP contribution in [0.15, 0.2) is 46.1 Å². The average molecular weight is 273 g/mol. The Hall–Kier alpha value is -2.05. The van der Waals surface area contributed by atoms with E-state index in [1.54, 1.807) is 30.9 Å². The molecule has 0 amide bonds. The van der Waals surface area contributed by atoms with Gasteiger partial charge in [-0.25, -0.2) is 13.6 Å². The zero-order chi connectivity index (χ0) is 13.5. The quantitative estimate of drug-likeness (QED) is 0.752. The fraction of sp³-hybridized carbons (Fsp3) is 0.0769. The second-order valence-corrected chi connectivity index (χ2v) is 5.94. The molecule has 19 heavy (non-hydrogen) atoms. The predicted molar refractivity (Wildman–Crippen MR) is 73.7 cm³/mol. The first-order valence-electron chi connectivity index (χ1n) is 5.66. The van der Waals surface area contributed by atoms with Gasteiger partial charge in [-0.15, -0.1) is 0 Å². The number of aromatic nitrogens is 1. The van der Waals surface area contributed by atoms with E-state index in [4.69, 9.17) is 5.14 Å². The van der Waals surface area contributed by atoms with E-state index in [0.717, 1.165) is 21.6 Å². The summed E-state index contributed by atoms with van der Waals surface area (Å²) in [7, 11) is -3.67. The Balaban J connectivity index is 2.32. The van der Waals surface area contributed by atoms with Crippen LogP contribution >= 0.6 is 0 Å². The van der Waals surface area contributed by atoms with Crippen molar-refractivity contribution < 1.29 is 8.42 Å². The van der Waals surface area contributed by atoms with Crippen LogP contribution in [0.4, 0.5) is 0 Å². The van der Waals surface area contributed by atoms with Gasteiger partial charge in [-0.2, -0.15) is 0 Å². The molecule has 0 saturated heterocycles. The second-order valence-electron chi connectivity index (χ2n) is 4.33. The zero-order valence-corrected chi connectivity index (χ0v) is 10.8. The van der Waals surface area contributed by atoms with Crippen molar-refractivity contribution in [3.05, 3.63) is 51.5 Å². The molecule has 1 aromatic rings. The molecule has 0 spiro atoms. The fourth-order valence-corrected chi connectivity index (χ4v) is 2.76. The summed E-state index contributed by atoms with van der Waals surface area (Å²) >= 11 is 0. The minimum Gasteiger partial charge on any atom is -0.264 e. The van der Waals surface area contributed by atoms with Crippen LogP contribution in [-0.4, -0.2) is 19.6 Å². The third kappa shape index (κ3) is 2.16. The molecule has 0 aromatic carbocycles. The van der Waals surface area contributed by atoms with Crippen molar-refractivity contribution >= 4 is 28.0 Å². The number of hydrogen-bond acceptors (Lipinski definition) is 4. The van der Waals surface area contributed by atoms with Crippen LogP contribution < -0.4 is 15.6 Å². The van der Waals surface area contributed by atoms with Crippen LogP contribution in [-0.2, 0) is 10.0 Å². The average Bonchev–Trinajstić information content (AvgIpc) is 2.56. The molecule has 2 heterocycles. The van der Waals surface area contributed by atoms with Crippen LogP contribution in [0.5, 0.6) is 0 Å². The first-order chi connectivity index (χ1) is 9.05. The van der Waals surface area contributed by atoms with Crippen molar-refractivity contribution in [2.24, 2.45) is 10.1 Å². The summed E-state index contributed by atoms with van der Waals surface area (Å²) in [6.07, 6.45) is 10.4. The lowest BCUT2D eigenvalue weighted by Gasteiger charge is -2.14. The molecule has 0 radical (unpaired) electrons. The highest BCUT2D eigenvalue weighted by molar-refractivity contribution is 7.93. The Morgan fingerprint density at radius 1 is 1.26 bits per heavy atom. The van der Waals surface area contributed by atoms with E-state index < -0.39 is 10.0 Å². The normalized spacial score (nSPS) is 17.6. The standard InChI is InChI=1S/C13H11N3O2S/c14-19(17,18)11-2-1-9-6-16-7-10-3-4-15-8-13(10)12(9)5-11/h1-4,6-8H,5H2,(H2,14,17,18). The van der Waals surface area contributed by atoms with E-state index in [9.17, 15) is 8.42 Å². The van der Waals surface area contributed by atoms with Gasteiger partial charge in [0.25, 0.3) is 0 Å². The van der Waals surface area contributed by atoms with Crippen molar-refractivity contribution in [2.45, 2.75) is 6.42 Å². The van der Waals surface area contributed by atoms with Gasteiger partial charge in [0.05, 0.1) is 4.91 Å². The molecule has 0 bridgehead atoms. The van der Waals surface area contributed by atoms with Crippen LogP contribution in [0.3, 0.4) is 0 Å². The molecular formula is C13H11N3O2S. The van der Waals surface area contributed by atoms with Gasteiger partial charge >= 0.3 is 0 Å². The van der Waals surface area contributed by atoms with Gasteiger partial charge in [-0.1, -0.05) is 6.08 Å². The summed E-state index contributed by atoms with van der Waals surface area (Å²) in [5, 5.41) is 7.00. The van der Waals surface area contributed by atoms with Crippen molar-refractivity contribution in [1.82, 2.24) is 4.98 Å². The molecule has 3 rings (SSSR count). The molecular weight excluding hydrogens is 262 g/mol. The number of hydrogen-bond donors (Lipinski definition) is 1. The van der Waals surface area contributed by atoms with Crippen LogP contribution in [0.1, 0.15) is 6.42 Å². The van der Waals surface area contributed by atoms with E-state index in [1.807, 2.05) is 6.07 Å². The maximum absolute atomic E-state index is 11.5. The predicted octanol–water partition coefficient (Wildman–Crippen LogP) is -0.443. The van der Waals surface area contributed by atoms with Crippen LogP contribution in [0.2, 0.25) is 0 Å². The topological polar surface area (TPSA) is 85.4 Å². The van der Waals surface area contributed by atoms with Gasteiger partial charge in [0.15, 0.2) is 0 Å². The zero-order valence-electron chi connectivity index (χ0n) is 9.95. The third-order valence-electron chi connectivity index (χ3n) is 3.12. The van der Waals surface area contributed by atoms with Crippen molar-refractivity contribution in [3.63, 3.8) is 0 Å². The molecule has 0 fully saturated rings. The smallest absolute Gasteiger partial charge is 0.234 e. The molecule has 1 aliphatic heterocycles. The van der Waals surface area contributed by atoms with E-state index in [2.05, 4.69) is 9.98 Å². The third-order valence-corrected chi connectivity index (χ3v) is 4.13. The fourth-order valence-electron chi connectivity index (χ4n) is 2.15. The van der Waals surface area contributed by atoms with Crippen molar-refractivity contribution in [2.75, 3.05) is 0 Å². The van der Waals surface area contributed by atoms with E-state index in [0.29, 0.717) is 0 Å². The number of aliphatic imine (C=N–C) groups is 1. The summed E-state index contributed by atoms with van der Waals surface area (Å²) in [5.74, 6) is 0. The SMILES string of the molecule is NS(=O)(=O)C1=CC=C2C=NC=c3ccncc3=C2C1. The highest BCUT2D eigenvalue weighted by Crippen LogP contribution is 2.26. The largest absolute Gasteiger partial charge is 0.264 e. The molecule has 2 aliphatic rings. The number of rotatable bonds is 1. The molecule has 0 saturated carbocycles. The molecule has 5 nitrogen and oxygen atoms in total. The molecule has 1 aromatic heterocycles. The van der Waals surface area contributed by atoms with Crippen LogP contribution in [0, 0.1) is 0 Å². The van der Waals surface area contributed by atoms with Gasteiger partial charge in [0.2, 0.25) is 10.0 Å². The lowest BCUT2D eigenvalue weighted by molar-refractivity contribution is 0.603. The van der Waals surface area contributed by atoms with Gasteiger partial charge in [0, 0.05) is 41.7 Å². The molecule has 0 unspecified atom stereocenters. The molecule has 0 atom stereocenters. The molecule has 1 aliphatic carbocycles. The lowest BCUT2D eigenvalue weighted by Crippen LogP contribution is -2.28. The van der Waals surface area contributed by atoms with Crippen LogP contribution in [0.25, 0.3) is 11.8 Å². The number of pyridine rings is 1. The second kappa shape index (κ2) is 4.25. The molecule has 96 valence electrons. The minimum atomic E-state index is -3.67. The number of nitrogens with two attached hydrogens (primary N) is 1. The maximum atomic E-state index is 11.5. The van der Waals surface area contributed by atoms with Gasteiger partial charge in [-0.05, 0) is 23.3 Å². The number of nitrogens with zero attached hydrogens (tertiary/aromatic N) is 2. The first kappa shape index (κ1) is 12.0. The number of primary sulfonamides is 1. The number of allylic oxidation sites excluding steroid dienone is 4. The molecule has 6 heteroatoms. The Bertz CT molecular complexity index is 861. The Morgan fingerprint density at radius 3 is 2.89 bits per heavy atom. The highest BCUT2D eigenvalue weighted by atomic mass is 32.2. The van der Waals surface area contributed by atoms with E-state index in [1.165, 1.54) is 6.08 Å². The number of fused-ring (bicyclic) bond motifs is 2. The first-order valence-corrected chi connectivity index (χ1v) is 7.21. The molecule has 2 N–H and O–H groups in total. The summed E-state index contributed by atoms with van der Waals surface area (Å²) in [5.41, 5.74) is 1.77. The summed E-state index contributed by atoms with van der Waals surface area (Å²) in [4.78, 5) is 8.51. The lowest BCUT2D eigenvalue weighted by atomic mass is 9.97. The maximum Gasteiger partial charge on any atom is 0.234 e. The van der Waals surface area contributed by atoms with Gasteiger partial charge in [-0.3, -0.25) is 9.98 Å². The Morgan fingerprint density at radius 2 is 2.11 bits per heavy atom. The monoisotopic (exact) mass is 273 g/mol. The summed E-state index contributed by atoms with van der Waals surface area (Å²) < 4.78 is 22.9. The van der Waals surface area contributed by atoms with E-state index in [-0.39, 0.29) is 11.3 Å². The van der Waals surface area contributed by atoms with Gasteiger partial charge < -0.3 is 0 Å². The van der Waals surface area contributed by atoms with E-state index >= 15 is 0 Å². The van der Waals surface area contributed by atoms with Crippen molar-refractivity contribution in [3.8, 4) is 0 Å². The minimum absolute atomic E-state index is 0.205. The Labute approximate surface area is 110 Å².